The zero-order chi connectivity index (χ0) is 16.4. The van der Waals surface area contributed by atoms with E-state index in [1.54, 1.807) is 18.4 Å². The third-order valence-electron chi connectivity index (χ3n) is 5.40. The highest BCUT2D eigenvalue weighted by atomic mass is 32.1. The van der Waals surface area contributed by atoms with Crippen LogP contribution in [-0.4, -0.2) is 34.9 Å². The molecule has 5 heteroatoms. The molecule has 3 heterocycles. The molecule has 2 aromatic rings. The van der Waals surface area contributed by atoms with Crippen molar-refractivity contribution in [3.05, 3.63) is 39.8 Å². The lowest BCUT2D eigenvalue weighted by molar-refractivity contribution is 0.134. The molecule has 1 unspecified atom stereocenters. The van der Waals surface area contributed by atoms with Gasteiger partial charge >= 0.3 is 0 Å². The summed E-state index contributed by atoms with van der Waals surface area (Å²) in [6.07, 6.45) is 7.83. The zero-order valence-corrected chi connectivity index (χ0v) is 15.3. The second-order valence-electron chi connectivity index (χ2n) is 7.37. The van der Waals surface area contributed by atoms with Crippen LogP contribution >= 0.6 is 11.3 Å². The lowest BCUT2D eigenvalue weighted by atomic mass is 9.97. The summed E-state index contributed by atoms with van der Waals surface area (Å²) in [7, 11) is 1.80. The topological polar surface area (TPSA) is 30.3 Å². The van der Waals surface area contributed by atoms with Crippen molar-refractivity contribution < 1.29 is 4.74 Å². The van der Waals surface area contributed by atoms with Crippen LogP contribution in [0.25, 0.3) is 0 Å². The highest BCUT2D eigenvalue weighted by molar-refractivity contribution is 7.07. The second kappa shape index (κ2) is 7.38. The number of hydrogen-bond donors (Lipinski definition) is 0. The molecule has 0 N–H and O–H groups in total. The molecule has 1 saturated carbocycles. The molecule has 1 fully saturated rings. The molecule has 2 aliphatic rings. The minimum atomic E-state index is 0.391. The summed E-state index contributed by atoms with van der Waals surface area (Å²) >= 11 is 1.78. The SMILES string of the molecule is COCC1CN(Cc2ccsc2)Cc2cn(CC3CCCC3)nc21. The van der Waals surface area contributed by atoms with Crippen LogP contribution < -0.4 is 0 Å². The van der Waals surface area contributed by atoms with Gasteiger partial charge in [-0.2, -0.15) is 16.4 Å². The van der Waals surface area contributed by atoms with Crippen molar-refractivity contribution in [2.45, 2.75) is 51.2 Å². The molecular formula is C19H27N3OS. The van der Waals surface area contributed by atoms with Crippen LogP contribution in [-0.2, 0) is 24.4 Å². The maximum absolute atomic E-state index is 5.49. The molecule has 0 aromatic carbocycles. The van der Waals surface area contributed by atoms with Gasteiger partial charge in [0, 0.05) is 51.0 Å². The molecule has 1 aliphatic carbocycles. The average Bonchev–Trinajstić information content (AvgIpc) is 3.29. The molecule has 0 bridgehead atoms. The predicted octanol–water partition coefficient (Wildman–Crippen LogP) is 3.88. The van der Waals surface area contributed by atoms with Crippen molar-refractivity contribution in [2.75, 3.05) is 20.3 Å². The van der Waals surface area contributed by atoms with Gasteiger partial charge in [0.15, 0.2) is 0 Å². The molecule has 1 aliphatic heterocycles. The number of fused-ring (bicyclic) bond motifs is 1. The minimum Gasteiger partial charge on any atom is -0.384 e. The summed E-state index contributed by atoms with van der Waals surface area (Å²) in [4.78, 5) is 2.54. The summed E-state index contributed by atoms with van der Waals surface area (Å²) < 4.78 is 7.71. The van der Waals surface area contributed by atoms with E-state index in [-0.39, 0.29) is 0 Å². The zero-order valence-electron chi connectivity index (χ0n) is 14.5. The Morgan fingerprint density at radius 1 is 1.33 bits per heavy atom. The fourth-order valence-corrected chi connectivity index (χ4v) is 4.95. The number of methoxy groups -OCH3 is 1. The minimum absolute atomic E-state index is 0.391. The first kappa shape index (κ1) is 16.3. The van der Waals surface area contributed by atoms with E-state index in [0.29, 0.717) is 5.92 Å². The Balaban J connectivity index is 1.50. The Hall–Kier alpha value is -1.17. The molecule has 4 rings (SSSR count). The normalized spacial score (nSPS) is 22.1. The summed E-state index contributed by atoms with van der Waals surface area (Å²) in [6, 6.07) is 2.23. The van der Waals surface area contributed by atoms with Crippen LogP contribution in [0, 0.1) is 5.92 Å². The summed E-state index contributed by atoms with van der Waals surface area (Å²) in [5.74, 6) is 1.22. The molecule has 4 nitrogen and oxygen atoms in total. The Labute approximate surface area is 148 Å². The first-order chi connectivity index (χ1) is 11.8. The lowest BCUT2D eigenvalue weighted by Crippen LogP contribution is -2.34. The van der Waals surface area contributed by atoms with Gasteiger partial charge in [0.05, 0.1) is 12.3 Å². The molecule has 0 saturated heterocycles. The Morgan fingerprint density at radius 2 is 2.21 bits per heavy atom. The molecule has 24 heavy (non-hydrogen) atoms. The van der Waals surface area contributed by atoms with Gasteiger partial charge in [-0.25, -0.2) is 0 Å². The van der Waals surface area contributed by atoms with Crippen LogP contribution in [0.15, 0.2) is 23.0 Å². The Kier molecular flexibility index (Phi) is 5.01. The quantitative estimate of drug-likeness (QED) is 0.796. The maximum atomic E-state index is 5.49. The van der Waals surface area contributed by atoms with Crippen molar-refractivity contribution in [2.24, 2.45) is 5.92 Å². The Morgan fingerprint density at radius 3 is 2.96 bits per heavy atom. The number of ether oxygens (including phenoxy) is 1. The van der Waals surface area contributed by atoms with Gasteiger partial charge in [-0.05, 0) is 41.1 Å². The first-order valence-corrected chi connectivity index (χ1v) is 10.0. The van der Waals surface area contributed by atoms with Crippen LogP contribution in [0.5, 0.6) is 0 Å². The highest BCUT2D eigenvalue weighted by Crippen LogP contribution is 2.31. The van der Waals surface area contributed by atoms with Crippen LogP contribution in [0.4, 0.5) is 0 Å². The third kappa shape index (κ3) is 3.58. The number of rotatable bonds is 6. The van der Waals surface area contributed by atoms with E-state index in [1.165, 1.54) is 42.5 Å². The number of hydrogen-bond acceptors (Lipinski definition) is 4. The number of aromatic nitrogens is 2. The van der Waals surface area contributed by atoms with Crippen LogP contribution in [0.1, 0.15) is 48.4 Å². The van der Waals surface area contributed by atoms with E-state index in [9.17, 15) is 0 Å². The summed E-state index contributed by atoms with van der Waals surface area (Å²) in [6.45, 7) is 4.93. The van der Waals surface area contributed by atoms with E-state index in [1.807, 2.05) is 0 Å². The van der Waals surface area contributed by atoms with Crippen molar-refractivity contribution in [3.63, 3.8) is 0 Å². The van der Waals surface area contributed by atoms with E-state index in [2.05, 4.69) is 32.6 Å². The van der Waals surface area contributed by atoms with Crippen molar-refractivity contribution in [1.29, 1.82) is 0 Å². The van der Waals surface area contributed by atoms with Gasteiger partial charge in [-0.15, -0.1) is 0 Å². The smallest absolute Gasteiger partial charge is 0.0736 e. The second-order valence-corrected chi connectivity index (χ2v) is 8.15. The number of thiophene rings is 1. The monoisotopic (exact) mass is 345 g/mol. The van der Waals surface area contributed by atoms with Crippen molar-refractivity contribution in [3.8, 4) is 0 Å². The van der Waals surface area contributed by atoms with Crippen LogP contribution in [0.2, 0.25) is 0 Å². The van der Waals surface area contributed by atoms with Crippen LogP contribution in [0.3, 0.4) is 0 Å². The number of nitrogens with zero attached hydrogens (tertiary/aromatic N) is 3. The standard InChI is InChI=1S/C19H27N3OS/c1-23-13-18-11-21(8-16-6-7-24-14-16)10-17-12-22(20-19(17)18)9-15-4-2-3-5-15/h6-7,12,14-15,18H,2-5,8-11,13H2,1H3. The van der Waals surface area contributed by atoms with E-state index in [0.717, 1.165) is 38.7 Å². The highest BCUT2D eigenvalue weighted by Gasteiger charge is 2.29. The van der Waals surface area contributed by atoms with Gasteiger partial charge < -0.3 is 4.74 Å². The molecular weight excluding hydrogens is 318 g/mol. The van der Waals surface area contributed by atoms with Crippen molar-refractivity contribution in [1.82, 2.24) is 14.7 Å². The first-order valence-electron chi connectivity index (χ1n) is 9.10. The molecule has 0 spiro atoms. The molecule has 130 valence electrons. The van der Waals surface area contributed by atoms with Crippen molar-refractivity contribution >= 4 is 11.3 Å². The third-order valence-corrected chi connectivity index (χ3v) is 6.14. The lowest BCUT2D eigenvalue weighted by Gasteiger charge is -2.31. The average molecular weight is 346 g/mol. The van der Waals surface area contributed by atoms with Gasteiger partial charge in [0.2, 0.25) is 0 Å². The fraction of sp³-hybridized carbons (Fsp3) is 0.632. The van der Waals surface area contributed by atoms with E-state index in [4.69, 9.17) is 9.84 Å². The summed E-state index contributed by atoms with van der Waals surface area (Å²) in [5.41, 5.74) is 4.09. The van der Waals surface area contributed by atoms with Gasteiger partial charge in [0.25, 0.3) is 0 Å². The van der Waals surface area contributed by atoms with E-state index < -0.39 is 0 Å². The largest absolute Gasteiger partial charge is 0.384 e. The predicted molar refractivity (Wildman–Crippen MR) is 97.2 cm³/mol. The van der Waals surface area contributed by atoms with Gasteiger partial charge in [-0.1, -0.05) is 12.8 Å². The molecule has 0 radical (unpaired) electrons. The molecule has 2 aromatic heterocycles. The van der Waals surface area contributed by atoms with Gasteiger partial charge in [0.1, 0.15) is 0 Å². The molecule has 1 atom stereocenters. The summed E-state index contributed by atoms with van der Waals surface area (Å²) in [5, 5.41) is 9.38. The maximum Gasteiger partial charge on any atom is 0.0736 e. The fourth-order valence-electron chi connectivity index (χ4n) is 4.29. The van der Waals surface area contributed by atoms with Gasteiger partial charge in [-0.3, -0.25) is 9.58 Å². The molecule has 0 amide bonds. The van der Waals surface area contributed by atoms with E-state index >= 15 is 0 Å². The Bertz CT molecular complexity index is 646.